The lowest BCUT2D eigenvalue weighted by atomic mass is 9.77. The minimum atomic E-state index is -0.734. The van der Waals surface area contributed by atoms with Crippen LogP contribution in [0.4, 0.5) is 0 Å². The van der Waals surface area contributed by atoms with E-state index in [0.29, 0.717) is 11.7 Å². The van der Waals surface area contributed by atoms with E-state index in [0.717, 1.165) is 68.7 Å². The van der Waals surface area contributed by atoms with E-state index in [2.05, 4.69) is 23.1 Å². The van der Waals surface area contributed by atoms with Crippen LogP contribution in [0.5, 0.6) is 11.5 Å². The fourth-order valence-corrected chi connectivity index (χ4v) is 7.19. The van der Waals surface area contributed by atoms with Crippen molar-refractivity contribution < 1.29 is 28.5 Å². The van der Waals surface area contributed by atoms with Crippen LogP contribution in [0.15, 0.2) is 24.0 Å². The summed E-state index contributed by atoms with van der Waals surface area (Å²) in [6.45, 7) is 2.12. The zero-order valence-electron chi connectivity index (χ0n) is 20.6. The molecule has 3 atom stereocenters. The minimum absolute atomic E-state index is 0.151. The lowest BCUT2D eigenvalue weighted by molar-refractivity contribution is -0.159. The van der Waals surface area contributed by atoms with Crippen molar-refractivity contribution in [1.29, 1.82) is 0 Å². The second kappa shape index (κ2) is 9.16. The van der Waals surface area contributed by atoms with Gasteiger partial charge in [0.1, 0.15) is 5.76 Å². The highest BCUT2D eigenvalue weighted by molar-refractivity contribution is 6.33. The fourth-order valence-electron chi connectivity index (χ4n) is 7.19. The van der Waals surface area contributed by atoms with Crippen LogP contribution in [-0.4, -0.2) is 55.3 Å². The number of fused-ring (bicyclic) bond motifs is 3. The van der Waals surface area contributed by atoms with E-state index in [4.69, 9.17) is 18.9 Å². The molecule has 2 fully saturated rings. The molecule has 3 aliphatic heterocycles. The average Bonchev–Trinajstić information content (AvgIpc) is 3.56. The predicted molar refractivity (Wildman–Crippen MR) is 128 cm³/mol. The molecule has 0 radical (unpaired) electrons. The van der Waals surface area contributed by atoms with Gasteiger partial charge in [0.25, 0.3) is 0 Å². The lowest BCUT2D eigenvalue weighted by Crippen LogP contribution is -2.47. The molecule has 2 aliphatic carbocycles. The van der Waals surface area contributed by atoms with Crippen molar-refractivity contribution in [3.05, 3.63) is 35.1 Å². The number of carbonyl (C=O) groups excluding carboxylic acids is 2. The van der Waals surface area contributed by atoms with Gasteiger partial charge in [0.15, 0.2) is 17.6 Å². The van der Waals surface area contributed by atoms with E-state index in [1.807, 2.05) is 0 Å². The Morgan fingerprint density at radius 2 is 1.89 bits per heavy atom. The Bertz CT molecular complexity index is 1040. The Balaban J connectivity index is 1.28. The van der Waals surface area contributed by atoms with Gasteiger partial charge in [-0.3, -0.25) is 9.69 Å². The molecule has 1 saturated heterocycles. The summed E-state index contributed by atoms with van der Waals surface area (Å²) >= 11 is 0. The van der Waals surface area contributed by atoms with Crippen molar-refractivity contribution in [3.8, 4) is 11.5 Å². The van der Waals surface area contributed by atoms with Crippen molar-refractivity contribution in [2.24, 2.45) is 5.92 Å². The molecule has 0 bridgehead atoms. The van der Waals surface area contributed by atoms with Gasteiger partial charge < -0.3 is 18.9 Å². The van der Waals surface area contributed by atoms with Crippen LogP contribution in [0.1, 0.15) is 74.8 Å². The first-order valence-corrected chi connectivity index (χ1v) is 13.3. The van der Waals surface area contributed by atoms with E-state index in [1.54, 1.807) is 7.11 Å². The third-order valence-electron chi connectivity index (χ3n) is 8.93. The Hall–Kier alpha value is -2.54. The maximum atomic E-state index is 13.1. The van der Waals surface area contributed by atoms with Gasteiger partial charge >= 0.3 is 5.97 Å². The van der Waals surface area contributed by atoms with Crippen molar-refractivity contribution in [2.45, 2.75) is 81.8 Å². The van der Waals surface area contributed by atoms with Gasteiger partial charge in [-0.25, -0.2) is 4.79 Å². The second-order valence-electron chi connectivity index (χ2n) is 10.8. The SMILES string of the molecule is COC1=C[C@]23CCCN2CCc2cc4c(cc2[C@@H]3[C@@H]1OC(=O)C(=O)CCC1CCCCC1)OCO4. The summed E-state index contributed by atoms with van der Waals surface area (Å²) in [4.78, 5) is 28.4. The average molecular weight is 482 g/mol. The van der Waals surface area contributed by atoms with Crippen LogP contribution in [0.2, 0.25) is 0 Å². The van der Waals surface area contributed by atoms with Crippen LogP contribution in [0, 0.1) is 5.92 Å². The second-order valence-corrected chi connectivity index (χ2v) is 10.8. The van der Waals surface area contributed by atoms with E-state index < -0.39 is 17.9 Å². The van der Waals surface area contributed by atoms with Crippen LogP contribution in [0.25, 0.3) is 0 Å². The molecule has 0 amide bonds. The quantitative estimate of drug-likeness (QED) is 0.444. The summed E-state index contributed by atoms with van der Waals surface area (Å²) in [5.74, 6) is 1.38. The van der Waals surface area contributed by atoms with Crippen molar-refractivity contribution in [2.75, 3.05) is 27.0 Å². The summed E-state index contributed by atoms with van der Waals surface area (Å²) in [6.07, 6.45) is 11.5. The van der Waals surface area contributed by atoms with Gasteiger partial charge in [0.2, 0.25) is 12.6 Å². The van der Waals surface area contributed by atoms with Crippen LogP contribution in [0.3, 0.4) is 0 Å². The number of esters is 1. The number of hydrogen-bond acceptors (Lipinski definition) is 7. The highest BCUT2D eigenvalue weighted by atomic mass is 16.7. The number of hydrogen-bond donors (Lipinski definition) is 0. The number of carbonyl (C=O) groups is 2. The molecule has 1 aromatic rings. The summed E-state index contributed by atoms with van der Waals surface area (Å²) < 4.78 is 23.2. The molecule has 6 rings (SSSR count). The molecule has 7 nitrogen and oxygen atoms in total. The van der Waals surface area contributed by atoms with E-state index in [1.165, 1.54) is 24.8 Å². The molecule has 188 valence electrons. The summed E-state index contributed by atoms with van der Waals surface area (Å²) in [5.41, 5.74) is 2.00. The number of rotatable bonds is 6. The first kappa shape index (κ1) is 22.9. The molecule has 3 heterocycles. The highest BCUT2D eigenvalue weighted by Gasteiger charge is 2.58. The predicted octanol–water partition coefficient (Wildman–Crippen LogP) is 4.27. The van der Waals surface area contributed by atoms with Gasteiger partial charge in [-0.1, -0.05) is 32.1 Å². The number of ether oxygens (including phenoxy) is 4. The van der Waals surface area contributed by atoms with Crippen molar-refractivity contribution >= 4 is 11.8 Å². The minimum Gasteiger partial charge on any atom is -0.497 e. The maximum absolute atomic E-state index is 13.1. The third kappa shape index (κ3) is 3.92. The third-order valence-corrected chi connectivity index (χ3v) is 8.93. The molecular weight excluding hydrogens is 446 g/mol. The van der Waals surface area contributed by atoms with Crippen molar-refractivity contribution in [1.82, 2.24) is 4.90 Å². The van der Waals surface area contributed by atoms with E-state index in [-0.39, 0.29) is 24.7 Å². The summed E-state index contributed by atoms with van der Waals surface area (Å²) in [5, 5.41) is 0. The normalized spacial score (nSPS) is 29.6. The molecule has 0 aromatic heterocycles. The van der Waals surface area contributed by atoms with Gasteiger partial charge in [-0.2, -0.15) is 0 Å². The Labute approximate surface area is 206 Å². The Morgan fingerprint density at radius 3 is 2.69 bits per heavy atom. The lowest BCUT2D eigenvalue weighted by Gasteiger charge is -2.39. The molecule has 1 spiro atoms. The van der Waals surface area contributed by atoms with Crippen LogP contribution in [-0.2, 0) is 25.5 Å². The molecule has 1 saturated carbocycles. The van der Waals surface area contributed by atoms with Gasteiger partial charge in [0, 0.05) is 13.0 Å². The molecule has 0 N–H and O–H groups in total. The Kier molecular flexibility index (Phi) is 5.99. The maximum Gasteiger partial charge on any atom is 0.375 e. The number of methoxy groups -OCH3 is 1. The van der Waals surface area contributed by atoms with E-state index in [9.17, 15) is 9.59 Å². The largest absolute Gasteiger partial charge is 0.497 e. The standard InChI is InChI=1S/C28H35NO6/c1-32-24-16-28-11-5-12-29(28)13-10-19-14-22-23(34-17-33-22)15-20(19)25(28)26(24)35-27(31)21(30)9-8-18-6-3-2-4-7-18/h14-16,18,25-26H,2-13,17H2,1H3/t25-,26-,28+/m1/s1. The molecular formula is C28H35NO6. The summed E-state index contributed by atoms with van der Waals surface area (Å²) in [7, 11) is 1.62. The zero-order chi connectivity index (χ0) is 24.0. The number of Topliss-reactive ketones (excluding diaryl/α,β-unsaturated/α-hetero) is 1. The van der Waals surface area contributed by atoms with Gasteiger partial charge in [0.05, 0.1) is 18.6 Å². The smallest absolute Gasteiger partial charge is 0.375 e. The van der Waals surface area contributed by atoms with Gasteiger partial charge in [-0.15, -0.1) is 0 Å². The number of benzene rings is 1. The topological polar surface area (TPSA) is 74.3 Å². The highest BCUT2D eigenvalue weighted by Crippen LogP contribution is 2.55. The first-order chi connectivity index (χ1) is 17.1. The Morgan fingerprint density at radius 1 is 1.09 bits per heavy atom. The number of ketones is 1. The zero-order valence-corrected chi connectivity index (χ0v) is 20.6. The molecule has 35 heavy (non-hydrogen) atoms. The van der Waals surface area contributed by atoms with Crippen LogP contribution < -0.4 is 9.47 Å². The monoisotopic (exact) mass is 481 g/mol. The van der Waals surface area contributed by atoms with Crippen molar-refractivity contribution in [3.63, 3.8) is 0 Å². The number of nitrogens with zero attached hydrogens (tertiary/aromatic N) is 1. The molecule has 7 heteroatoms. The van der Waals surface area contributed by atoms with Crippen LogP contribution >= 0.6 is 0 Å². The van der Waals surface area contributed by atoms with Gasteiger partial charge in [-0.05, 0) is 67.5 Å². The molecule has 0 unspecified atom stereocenters. The first-order valence-electron chi connectivity index (χ1n) is 13.3. The fraction of sp³-hybridized carbons (Fsp3) is 0.643. The van der Waals surface area contributed by atoms with E-state index >= 15 is 0 Å². The molecule has 1 aromatic carbocycles. The summed E-state index contributed by atoms with van der Waals surface area (Å²) in [6, 6.07) is 4.14. The molecule has 5 aliphatic rings.